The first-order valence-electron chi connectivity index (χ1n) is 9.67. The molecule has 0 aliphatic heterocycles. The second kappa shape index (κ2) is 7.93. The van der Waals surface area contributed by atoms with Crippen LogP contribution in [0.2, 0.25) is 5.02 Å². The van der Waals surface area contributed by atoms with Crippen molar-refractivity contribution in [2.75, 3.05) is 11.1 Å². The van der Waals surface area contributed by atoms with Gasteiger partial charge in [-0.15, -0.1) is 0 Å². The lowest BCUT2D eigenvalue weighted by molar-refractivity contribution is 0.602. The molecule has 0 unspecified atom stereocenters. The van der Waals surface area contributed by atoms with Crippen LogP contribution in [-0.2, 0) is 13.6 Å². The molecule has 0 saturated heterocycles. The fourth-order valence-corrected chi connectivity index (χ4v) is 3.61. The number of nitrogen functional groups attached to an aromatic ring is 1. The van der Waals surface area contributed by atoms with Crippen LogP contribution >= 0.6 is 11.6 Å². The number of nitrogens with zero attached hydrogens (tertiary/aromatic N) is 5. The maximum atomic E-state index is 13.2. The van der Waals surface area contributed by atoms with Gasteiger partial charge in [0.2, 0.25) is 0 Å². The third-order valence-corrected chi connectivity index (χ3v) is 5.20. The summed E-state index contributed by atoms with van der Waals surface area (Å²) in [6.07, 6.45) is 3.15. The molecule has 0 radical (unpaired) electrons. The number of benzene rings is 2. The normalized spacial score (nSPS) is 11.2. The van der Waals surface area contributed by atoms with Crippen LogP contribution in [0.1, 0.15) is 5.56 Å². The van der Waals surface area contributed by atoms with Gasteiger partial charge in [-0.25, -0.2) is 19.3 Å². The van der Waals surface area contributed by atoms with Crippen LogP contribution in [0.25, 0.3) is 33.7 Å². The van der Waals surface area contributed by atoms with Crippen molar-refractivity contribution in [2.24, 2.45) is 7.05 Å². The predicted molar refractivity (Wildman–Crippen MR) is 120 cm³/mol. The van der Waals surface area contributed by atoms with E-state index in [0.717, 1.165) is 5.56 Å². The van der Waals surface area contributed by atoms with E-state index in [-0.39, 0.29) is 11.6 Å². The van der Waals surface area contributed by atoms with Gasteiger partial charge in [0, 0.05) is 25.4 Å². The van der Waals surface area contributed by atoms with Crippen LogP contribution in [0.3, 0.4) is 0 Å². The largest absolute Gasteiger partial charge is 0.443 e. The van der Waals surface area contributed by atoms with E-state index in [1.165, 1.54) is 18.5 Å². The topological polar surface area (TPSA) is 108 Å². The molecule has 5 rings (SSSR count). The summed E-state index contributed by atoms with van der Waals surface area (Å²) in [5, 5.41) is 8.05. The number of anilines is 2. The summed E-state index contributed by atoms with van der Waals surface area (Å²) in [7, 11) is 1.82. The van der Waals surface area contributed by atoms with Crippen LogP contribution in [0, 0.1) is 5.82 Å². The third kappa shape index (κ3) is 3.74. The van der Waals surface area contributed by atoms with Gasteiger partial charge >= 0.3 is 0 Å². The molecule has 0 saturated carbocycles. The number of oxazole rings is 1. The number of aryl methyl sites for hydroxylation is 1. The van der Waals surface area contributed by atoms with Gasteiger partial charge in [-0.1, -0.05) is 23.7 Å². The molecule has 0 fully saturated rings. The summed E-state index contributed by atoms with van der Waals surface area (Å²) < 4.78 is 20.3. The van der Waals surface area contributed by atoms with Crippen LogP contribution in [0.5, 0.6) is 0 Å². The standard InChI is InChI=1S/C22H17ClFN7O/c1-31-7-6-16(30-31)20-18(13-8-15(23)19-17(9-13)32-11-27-19)29-22(21(25)28-20)26-10-12-2-4-14(24)5-3-12/h2-9,11H,10H2,1H3,(H2,25,28)(H,26,29). The molecule has 3 aromatic heterocycles. The van der Waals surface area contributed by atoms with Crippen LogP contribution < -0.4 is 11.1 Å². The number of aromatic nitrogens is 5. The van der Waals surface area contributed by atoms with E-state index in [1.54, 1.807) is 28.9 Å². The molecule has 3 N–H and O–H groups in total. The molecule has 8 nitrogen and oxygen atoms in total. The maximum absolute atomic E-state index is 13.2. The molecular weight excluding hydrogens is 433 g/mol. The number of rotatable bonds is 5. The molecule has 0 aliphatic carbocycles. The number of halogens is 2. The summed E-state index contributed by atoms with van der Waals surface area (Å²) in [5.41, 5.74) is 10.5. The van der Waals surface area contributed by atoms with Crippen molar-refractivity contribution in [3.8, 4) is 22.6 Å². The number of nitrogens with two attached hydrogens (primary N) is 1. The molecule has 0 aliphatic rings. The Kier molecular flexibility index (Phi) is 4.95. The van der Waals surface area contributed by atoms with Crippen molar-refractivity contribution < 1.29 is 8.81 Å². The van der Waals surface area contributed by atoms with Gasteiger partial charge in [-0.3, -0.25) is 4.68 Å². The van der Waals surface area contributed by atoms with Crippen molar-refractivity contribution in [1.29, 1.82) is 0 Å². The average Bonchev–Trinajstić information content (AvgIpc) is 3.43. The highest BCUT2D eigenvalue weighted by Crippen LogP contribution is 2.35. The Morgan fingerprint density at radius 3 is 2.69 bits per heavy atom. The van der Waals surface area contributed by atoms with Gasteiger partial charge < -0.3 is 15.5 Å². The summed E-state index contributed by atoms with van der Waals surface area (Å²) >= 11 is 6.42. The fourth-order valence-electron chi connectivity index (χ4n) is 3.35. The van der Waals surface area contributed by atoms with Crippen molar-refractivity contribution in [3.05, 3.63) is 71.5 Å². The highest BCUT2D eigenvalue weighted by atomic mass is 35.5. The fraction of sp³-hybridized carbons (Fsp3) is 0.0909. The summed E-state index contributed by atoms with van der Waals surface area (Å²) in [6, 6.07) is 11.5. The molecule has 2 aromatic carbocycles. The quantitative estimate of drug-likeness (QED) is 0.401. The second-order valence-electron chi connectivity index (χ2n) is 7.17. The van der Waals surface area contributed by atoms with Gasteiger partial charge in [0.25, 0.3) is 0 Å². The smallest absolute Gasteiger partial charge is 0.182 e. The van der Waals surface area contributed by atoms with Crippen LogP contribution in [0.15, 0.2) is 59.5 Å². The molecule has 0 amide bonds. The Labute approximate surface area is 186 Å². The SMILES string of the molecule is Cn1ccc(-c2nc(N)c(NCc3ccc(F)cc3)nc2-c2cc(Cl)c3ncoc3c2)n1. The van der Waals surface area contributed by atoms with Crippen molar-refractivity contribution >= 4 is 34.3 Å². The minimum absolute atomic E-state index is 0.211. The predicted octanol–water partition coefficient (Wildman–Crippen LogP) is 4.67. The van der Waals surface area contributed by atoms with Crippen LogP contribution in [0.4, 0.5) is 16.0 Å². The van der Waals surface area contributed by atoms with E-state index in [0.29, 0.717) is 51.1 Å². The molecule has 160 valence electrons. The first kappa shape index (κ1) is 20.0. The van der Waals surface area contributed by atoms with Gasteiger partial charge in [0.15, 0.2) is 23.6 Å². The lowest BCUT2D eigenvalue weighted by Gasteiger charge is -2.13. The van der Waals surface area contributed by atoms with Gasteiger partial charge in [0.1, 0.15) is 28.4 Å². The number of nitrogens with one attached hydrogen (secondary N) is 1. The summed E-state index contributed by atoms with van der Waals surface area (Å²) in [5.74, 6) is 0.302. The number of hydrogen-bond acceptors (Lipinski definition) is 7. The lowest BCUT2D eigenvalue weighted by atomic mass is 10.1. The van der Waals surface area contributed by atoms with E-state index in [1.807, 2.05) is 19.3 Å². The number of hydrogen-bond donors (Lipinski definition) is 2. The summed E-state index contributed by atoms with van der Waals surface area (Å²) in [4.78, 5) is 13.5. The average molecular weight is 450 g/mol. The Balaban J connectivity index is 1.61. The van der Waals surface area contributed by atoms with Gasteiger partial charge in [0.05, 0.1) is 5.02 Å². The maximum Gasteiger partial charge on any atom is 0.182 e. The van der Waals surface area contributed by atoms with Crippen molar-refractivity contribution in [1.82, 2.24) is 24.7 Å². The molecule has 10 heteroatoms. The van der Waals surface area contributed by atoms with Crippen molar-refractivity contribution in [3.63, 3.8) is 0 Å². The molecule has 0 bridgehead atoms. The Hall–Kier alpha value is -3.98. The zero-order chi connectivity index (χ0) is 22.2. The molecular formula is C22H17ClFN7O. The second-order valence-corrected chi connectivity index (χ2v) is 7.57. The van der Waals surface area contributed by atoms with Crippen molar-refractivity contribution in [2.45, 2.75) is 6.54 Å². The highest BCUT2D eigenvalue weighted by Gasteiger charge is 2.19. The zero-order valence-corrected chi connectivity index (χ0v) is 17.6. The lowest BCUT2D eigenvalue weighted by Crippen LogP contribution is -2.09. The van der Waals surface area contributed by atoms with Gasteiger partial charge in [-0.05, 0) is 35.9 Å². The van der Waals surface area contributed by atoms with Crippen LogP contribution in [-0.4, -0.2) is 24.7 Å². The molecule has 32 heavy (non-hydrogen) atoms. The van der Waals surface area contributed by atoms with E-state index in [2.05, 4.69) is 20.4 Å². The van der Waals surface area contributed by atoms with Gasteiger partial charge in [-0.2, -0.15) is 5.10 Å². The Morgan fingerprint density at radius 1 is 1.12 bits per heavy atom. The van der Waals surface area contributed by atoms with E-state index >= 15 is 0 Å². The molecule has 3 heterocycles. The van der Waals surface area contributed by atoms with E-state index in [9.17, 15) is 4.39 Å². The van der Waals surface area contributed by atoms with E-state index < -0.39 is 0 Å². The Bertz CT molecular complexity index is 1430. The van der Waals surface area contributed by atoms with E-state index in [4.69, 9.17) is 26.7 Å². The highest BCUT2D eigenvalue weighted by molar-refractivity contribution is 6.35. The molecule has 0 spiro atoms. The monoisotopic (exact) mass is 449 g/mol. The molecule has 5 aromatic rings. The third-order valence-electron chi connectivity index (χ3n) is 4.92. The number of fused-ring (bicyclic) bond motifs is 1. The first-order valence-corrected chi connectivity index (χ1v) is 10.0. The molecule has 0 atom stereocenters. The summed E-state index contributed by atoms with van der Waals surface area (Å²) in [6.45, 7) is 0.392. The first-order chi connectivity index (χ1) is 15.5. The Morgan fingerprint density at radius 2 is 1.94 bits per heavy atom. The zero-order valence-electron chi connectivity index (χ0n) is 16.9. The minimum Gasteiger partial charge on any atom is -0.443 e. The minimum atomic E-state index is -0.297.